The van der Waals surface area contributed by atoms with Crippen LogP contribution in [0.1, 0.15) is 50.5 Å². The topological polar surface area (TPSA) is 57.6 Å². The molecule has 1 aromatic rings. The molecule has 21 heavy (non-hydrogen) atoms. The van der Waals surface area contributed by atoms with Gasteiger partial charge in [-0.05, 0) is 43.4 Å². The van der Waals surface area contributed by atoms with Gasteiger partial charge in [-0.3, -0.25) is 0 Å². The largest absolute Gasteiger partial charge is 0.387 e. The molecule has 0 bridgehead atoms. The Morgan fingerprint density at radius 1 is 1.10 bits per heavy atom. The molecule has 2 aliphatic rings. The number of β-amino-alcohol motifs (C(OH)–C–C–N with tert-alkyl or cyclic N) is 1. The van der Waals surface area contributed by atoms with Crippen molar-refractivity contribution in [1.82, 2.24) is 4.31 Å². The molecule has 1 aromatic carbocycles. The van der Waals surface area contributed by atoms with Gasteiger partial charge in [0.15, 0.2) is 0 Å². The summed E-state index contributed by atoms with van der Waals surface area (Å²) in [4.78, 5) is 0.331. The third kappa shape index (κ3) is 3.00. The minimum Gasteiger partial charge on any atom is -0.387 e. The molecule has 0 amide bonds. The minimum atomic E-state index is -3.45. The van der Waals surface area contributed by atoms with Crippen LogP contribution in [0.25, 0.3) is 0 Å². The van der Waals surface area contributed by atoms with Gasteiger partial charge >= 0.3 is 0 Å². The summed E-state index contributed by atoms with van der Waals surface area (Å²) < 4.78 is 26.1. The van der Waals surface area contributed by atoms with Gasteiger partial charge in [-0.1, -0.05) is 31.4 Å². The van der Waals surface area contributed by atoms with Crippen molar-refractivity contribution in [2.75, 3.05) is 13.1 Å². The molecule has 4 nitrogen and oxygen atoms in total. The van der Waals surface area contributed by atoms with Gasteiger partial charge in [-0.2, -0.15) is 4.31 Å². The molecule has 0 atom stereocenters. The number of nitrogens with zero attached hydrogens (tertiary/aromatic N) is 1. The number of benzene rings is 1. The highest BCUT2D eigenvalue weighted by atomic mass is 32.2. The van der Waals surface area contributed by atoms with Gasteiger partial charge < -0.3 is 5.11 Å². The second-order valence-corrected chi connectivity index (χ2v) is 8.61. The van der Waals surface area contributed by atoms with Crippen molar-refractivity contribution in [1.29, 1.82) is 0 Å². The molecule has 5 heteroatoms. The average Bonchev–Trinajstić information content (AvgIpc) is 2.46. The molecular weight excluding hydrogens is 286 g/mol. The van der Waals surface area contributed by atoms with Gasteiger partial charge in [-0.25, -0.2) is 8.42 Å². The molecule has 0 unspecified atom stereocenters. The zero-order valence-corrected chi connectivity index (χ0v) is 13.3. The third-order valence-electron chi connectivity index (χ3n) is 4.63. The quantitative estimate of drug-likeness (QED) is 0.933. The number of aliphatic hydroxyl groups is 1. The van der Waals surface area contributed by atoms with Gasteiger partial charge in [0.05, 0.1) is 10.5 Å². The Balaban J connectivity index is 1.74. The summed E-state index contributed by atoms with van der Waals surface area (Å²) in [5.41, 5.74) is 0.374. The predicted molar refractivity (Wildman–Crippen MR) is 81.7 cm³/mol. The first-order valence-electron chi connectivity index (χ1n) is 7.71. The van der Waals surface area contributed by atoms with Crippen molar-refractivity contribution < 1.29 is 13.5 Å². The summed E-state index contributed by atoms with van der Waals surface area (Å²) in [6.45, 7) is 2.02. The molecule has 1 aliphatic heterocycles. The Kier molecular flexibility index (Phi) is 3.84. The van der Waals surface area contributed by atoms with Gasteiger partial charge in [0.1, 0.15) is 0 Å². The summed E-state index contributed by atoms with van der Waals surface area (Å²) in [6, 6.07) is 7.35. The van der Waals surface area contributed by atoms with Crippen LogP contribution < -0.4 is 0 Å². The Hall–Kier alpha value is -0.910. The summed E-state index contributed by atoms with van der Waals surface area (Å²) >= 11 is 0. The summed E-state index contributed by atoms with van der Waals surface area (Å²) in [7, 11) is -3.45. The Labute approximate surface area is 126 Å². The number of rotatable bonds is 3. The number of sulfonamides is 1. The maximum Gasteiger partial charge on any atom is 0.243 e. The van der Waals surface area contributed by atoms with E-state index in [9.17, 15) is 13.5 Å². The van der Waals surface area contributed by atoms with Crippen molar-refractivity contribution in [3.05, 3.63) is 29.8 Å². The zero-order valence-electron chi connectivity index (χ0n) is 12.5. The Morgan fingerprint density at radius 2 is 1.67 bits per heavy atom. The second kappa shape index (κ2) is 5.38. The van der Waals surface area contributed by atoms with Crippen molar-refractivity contribution in [3.63, 3.8) is 0 Å². The van der Waals surface area contributed by atoms with Crippen LogP contribution in [-0.2, 0) is 10.0 Å². The van der Waals surface area contributed by atoms with Gasteiger partial charge in [0.2, 0.25) is 10.0 Å². The van der Waals surface area contributed by atoms with E-state index in [0.717, 1.165) is 0 Å². The lowest BCUT2D eigenvalue weighted by molar-refractivity contribution is -0.0426. The van der Waals surface area contributed by atoms with E-state index in [1.807, 2.05) is 12.1 Å². The molecule has 0 spiro atoms. The predicted octanol–water partition coefficient (Wildman–Crippen LogP) is 2.49. The van der Waals surface area contributed by atoms with Crippen LogP contribution in [0.2, 0.25) is 0 Å². The van der Waals surface area contributed by atoms with E-state index in [-0.39, 0.29) is 13.1 Å². The number of hydrogen-bond donors (Lipinski definition) is 1. The number of hydrogen-bond acceptors (Lipinski definition) is 3. The average molecular weight is 309 g/mol. The highest BCUT2D eigenvalue weighted by molar-refractivity contribution is 7.89. The van der Waals surface area contributed by atoms with E-state index >= 15 is 0 Å². The molecule has 3 rings (SSSR count). The van der Waals surface area contributed by atoms with Crippen molar-refractivity contribution >= 4 is 10.0 Å². The monoisotopic (exact) mass is 309 g/mol. The van der Waals surface area contributed by atoms with E-state index in [1.165, 1.54) is 42.0 Å². The molecule has 116 valence electrons. The molecule has 2 fully saturated rings. The van der Waals surface area contributed by atoms with Crippen molar-refractivity contribution in [2.24, 2.45) is 0 Å². The lowest BCUT2D eigenvalue weighted by Crippen LogP contribution is -2.61. The fraction of sp³-hybridized carbons (Fsp3) is 0.625. The van der Waals surface area contributed by atoms with Crippen molar-refractivity contribution in [2.45, 2.75) is 55.4 Å². The molecule has 0 radical (unpaired) electrons. The maximum atomic E-state index is 12.4. The van der Waals surface area contributed by atoms with E-state index in [2.05, 4.69) is 0 Å². The first-order valence-corrected chi connectivity index (χ1v) is 9.15. The molecule has 0 aromatic heterocycles. The van der Waals surface area contributed by atoms with Crippen LogP contribution in [0.3, 0.4) is 0 Å². The summed E-state index contributed by atoms with van der Waals surface area (Å²) in [6.07, 6.45) is 6.28. The molecule has 1 saturated heterocycles. The maximum absolute atomic E-state index is 12.4. The van der Waals surface area contributed by atoms with Gasteiger partial charge in [-0.15, -0.1) is 0 Å². The molecule has 1 heterocycles. The fourth-order valence-corrected chi connectivity index (χ4v) is 5.05. The first-order chi connectivity index (χ1) is 9.88. The van der Waals surface area contributed by atoms with E-state index < -0.39 is 15.6 Å². The second-order valence-electron chi connectivity index (χ2n) is 6.67. The molecular formula is C16H23NO3S. The van der Waals surface area contributed by atoms with Crippen LogP contribution in [0.15, 0.2) is 29.2 Å². The van der Waals surface area contributed by atoms with E-state index in [1.54, 1.807) is 19.1 Å². The lowest BCUT2D eigenvalue weighted by Gasteiger charge is -2.42. The van der Waals surface area contributed by atoms with Crippen LogP contribution in [0.4, 0.5) is 0 Å². The molecule has 1 N–H and O–H groups in total. The molecule has 1 aliphatic carbocycles. The lowest BCUT2D eigenvalue weighted by atomic mass is 9.84. The SMILES string of the molecule is CC1(O)CN(S(=O)(=O)c2ccc(C3CCCCC3)cc2)C1. The Morgan fingerprint density at radius 3 is 2.19 bits per heavy atom. The van der Waals surface area contributed by atoms with Crippen LogP contribution >= 0.6 is 0 Å². The van der Waals surface area contributed by atoms with E-state index in [4.69, 9.17) is 0 Å². The van der Waals surface area contributed by atoms with E-state index in [0.29, 0.717) is 10.8 Å². The van der Waals surface area contributed by atoms with Gasteiger partial charge in [0.25, 0.3) is 0 Å². The molecule has 1 saturated carbocycles. The first kappa shape index (κ1) is 15.0. The van der Waals surface area contributed by atoms with Gasteiger partial charge in [0, 0.05) is 13.1 Å². The van der Waals surface area contributed by atoms with Crippen LogP contribution in [0.5, 0.6) is 0 Å². The minimum absolute atomic E-state index is 0.180. The fourth-order valence-electron chi connectivity index (χ4n) is 3.38. The van der Waals surface area contributed by atoms with Crippen LogP contribution in [0, 0.1) is 0 Å². The van der Waals surface area contributed by atoms with Crippen molar-refractivity contribution in [3.8, 4) is 0 Å². The standard InChI is InChI=1S/C16H23NO3S/c1-16(18)11-17(12-16)21(19,20)15-9-7-14(8-10-15)13-5-3-2-4-6-13/h7-10,13,18H,2-6,11-12H2,1H3. The highest BCUT2D eigenvalue weighted by Gasteiger charge is 2.43. The smallest absolute Gasteiger partial charge is 0.243 e. The third-order valence-corrected chi connectivity index (χ3v) is 6.43. The normalized spacial score (nSPS) is 23.7. The summed E-state index contributed by atoms with van der Waals surface area (Å²) in [5, 5.41) is 9.70. The van der Waals surface area contributed by atoms with Crippen LogP contribution in [-0.4, -0.2) is 36.5 Å². The zero-order chi connectivity index (χ0) is 15.1. The Bertz CT molecular complexity index is 593. The highest BCUT2D eigenvalue weighted by Crippen LogP contribution is 2.34. The summed E-state index contributed by atoms with van der Waals surface area (Å²) in [5.74, 6) is 0.584.